The number of carbonyl (C=O) groups excluding carboxylic acids is 1. The Morgan fingerprint density at radius 1 is 1.00 bits per heavy atom. The Morgan fingerprint density at radius 2 is 1.58 bits per heavy atom. The minimum Gasteiger partial charge on any atom is -0.354 e. The highest BCUT2D eigenvalue weighted by molar-refractivity contribution is 6.31. The van der Waals surface area contributed by atoms with Crippen LogP contribution in [-0.4, -0.2) is 85.1 Å². The molecule has 0 N–H and O–H groups in total. The molecule has 2 saturated heterocycles. The Labute approximate surface area is 187 Å². The van der Waals surface area contributed by atoms with Gasteiger partial charge < -0.3 is 19.6 Å². The number of halogens is 2. The summed E-state index contributed by atoms with van der Waals surface area (Å²) >= 11 is 6.08. The van der Waals surface area contributed by atoms with E-state index in [1.54, 1.807) is 17.0 Å². The maximum atomic E-state index is 14.0. The highest BCUT2D eigenvalue weighted by atomic mass is 35.5. The van der Waals surface area contributed by atoms with Gasteiger partial charge >= 0.3 is 0 Å². The molecule has 1 amide bonds. The Bertz CT molecular complexity index is 921. The topological polar surface area (TPSA) is 55.8 Å². The number of hydrogen-bond donors (Lipinski definition) is 0. The number of rotatable bonds is 4. The fourth-order valence-electron chi connectivity index (χ4n) is 4.05. The standard InChI is InChI=1S/C22H28ClFN6O/c1-16-25-20(28-8-6-27(2)7-9-28)15-21(26-16)29-10-12-30(13-11-29)22(31)14-17-18(23)4-3-5-19(17)24/h3-5,15H,6-14H2,1-2H3. The van der Waals surface area contributed by atoms with Crippen molar-refractivity contribution in [2.75, 3.05) is 69.2 Å². The number of hydrogen-bond acceptors (Lipinski definition) is 6. The van der Waals surface area contributed by atoms with Crippen molar-refractivity contribution in [3.8, 4) is 0 Å². The van der Waals surface area contributed by atoms with Crippen molar-refractivity contribution in [1.29, 1.82) is 0 Å². The van der Waals surface area contributed by atoms with Gasteiger partial charge in [0.05, 0.1) is 6.42 Å². The van der Waals surface area contributed by atoms with Crippen LogP contribution >= 0.6 is 11.6 Å². The third kappa shape index (κ3) is 5.07. The van der Waals surface area contributed by atoms with E-state index in [9.17, 15) is 9.18 Å². The molecule has 166 valence electrons. The normalized spacial score (nSPS) is 17.9. The zero-order valence-electron chi connectivity index (χ0n) is 18.0. The molecule has 4 rings (SSSR count). The lowest BCUT2D eigenvalue weighted by atomic mass is 10.1. The molecule has 2 aromatic rings. The number of nitrogens with zero attached hydrogens (tertiary/aromatic N) is 6. The van der Waals surface area contributed by atoms with Crippen LogP contribution < -0.4 is 9.80 Å². The first kappa shape index (κ1) is 21.8. The van der Waals surface area contributed by atoms with E-state index in [1.165, 1.54) is 6.07 Å². The molecule has 7 nitrogen and oxygen atoms in total. The predicted molar refractivity (Wildman–Crippen MR) is 120 cm³/mol. The minimum atomic E-state index is -0.438. The van der Waals surface area contributed by atoms with Gasteiger partial charge in [0.25, 0.3) is 0 Å². The Hall–Kier alpha value is -2.45. The average molecular weight is 447 g/mol. The molecule has 0 spiro atoms. The zero-order valence-corrected chi connectivity index (χ0v) is 18.8. The average Bonchev–Trinajstić information content (AvgIpc) is 2.76. The van der Waals surface area contributed by atoms with E-state index in [4.69, 9.17) is 11.6 Å². The summed E-state index contributed by atoms with van der Waals surface area (Å²) in [5, 5.41) is 0.292. The lowest BCUT2D eigenvalue weighted by Gasteiger charge is -2.37. The Morgan fingerprint density at radius 3 is 2.16 bits per heavy atom. The van der Waals surface area contributed by atoms with E-state index in [-0.39, 0.29) is 17.9 Å². The van der Waals surface area contributed by atoms with Crippen molar-refractivity contribution < 1.29 is 9.18 Å². The van der Waals surface area contributed by atoms with E-state index in [1.807, 2.05) is 6.92 Å². The molecule has 2 fully saturated rings. The summed E-state index contributed by atoms with van der Waals surface area (Å²) in [5.74, 6) is 2.06. The highest BCUT2D eigenvalue weighted by Crippen LogP contribution is 2.23. The Balaban J connectivity index is 1.39. The van der Waals surface area contributed by atoms with Gasteiger partial charge in [-0.3, -0.25) is 4.79 Å². The molecular weight excluding hydrogens is 419 g/mol. The SMILES string of the molecule is Cc1nc(N2CCN(C)CC2)cc(N2CCN(C(=O)Cc3c(F)cccc3Cl)CC2)n1. The maximum absolute atomic E-state index is 14.0. The molecule has 9 heteroatoms. The van der Waals surface area contributed by atoms with Gasteiger partial charge in [-0.1, -0.05) is 17.7 Å². The van der Waals surface area contributed by atoms with Crippen LogP contribution in [0.15, 0.2) is 24.3 Å². The quantitative estimate of drug-likeness (QED) is 0.717. The van der Waals surface area contributed by atoms with E-state index >= 15 is 0 Å². The van der Waals surface area contributed by atoms with Gasteiger partial charge in [0, 0.05) is 69.0 Å². The first-order chi connectivity index (χ1) is 14.9. The van der Waals surface area contributed by atoms with E-state index < -0.39 is 5.82 Å². The van der Waals surface area contributed by atoms with E-state index in [2.05, 4.69) is 37.8 Å². The molecule has 31 heavy (non-hydrogen) atoms. The molecule has 0 atom stereocenters. The van der Waals surface area contributed by atoms with Crippen molar-refractivity contribution in [2.45, 2.75) is 13.3 Å². The van der Waals surface area contributed by atoms with Gasteiger partial charge in [0.1, 0.15) is 23.3 Å². The second kappa shape index (κ2) is 9.36. The summed E-state index contributed by atoms with van der Waals surface area (Å²) in [6, 6.07) is 6.54. The van der Waals surface area contributed by atoms with Crippen LogP contribution in [0.5, 0.6) is 0 Å². The summed E-state index contributed by atoms with van der Waals surface area (Å²) in [5.41, 5.74) is 0.264. The minimum absolute atomic E-state index is 0.0221. The highest BCUT2D eigenvalue weighted by Gasteiger charge is 2.25. The number of piperazine rings is 2. The molecule has 2 aliphatic heterocycles. The number of anilines is 2. The molecule has 2 aliphatic rings. The van der Waals surface area contributed by atoms with E-state index in [0.717, 1.165) is 43.6 Å². The number of aryl methyl sites for hydroxylation is 1. The van der Waals surface area contributed by atoms with Gasteiger partial charge in [0.2, 0.25) is 5.91 Å². The van der Waals surface area contributed by atoms with Gasteiger partial charge in [-0.2, -0.15) is 0 Å². The van der Waals surface area contributed by atoms with Crippen LogP contribution in [0.1, 0.15) is 11.4 Å². The lowest BCUT2D eigenvalue weighted by Crippen LogP contribution is -2.49. The number of likely N-dealkylation sites (N-methyl/N-ethyl adjacent to an activating group) is 1. The molecule has 1 aromatic heterocycles. The monoisotopic (exact) mass is 446 g/mol. The summed E-state index contributed by atoms with van der Waals surface area (Å²) in [6.45, 7) is 8.35. The first-order valence-electron chi connectivity index (χ1n) is 10.7. The molecule has 1 aromatic carbocycles. The van der Waals surface area contributed by atoms with Crippen LogP contribution in [0.4, 0.5) is 16.0 Å². The van der Waals surface area contributed by atoms with Crippen LogP contribution in [-0.2, 0) is 11.2 Å². The van der Waals surface area contributed by atoms with Gasteiger partial charge in [-0.05, 0) is 26.1 Å². The third-order valence-electron chi connectivity index (χ3n) is 5.98. The molecule has 0 aliphatic carbocycles. The summed E-state index contributed by atoms with van der Waals surface area (Å²) in [4.78, 5) is 30.6. The molecule has 0 bridgehead atoms. The molecule has 0 radical (unpaired) electrons. The zero-order chi connectivity index (χ0) is 22.0. The van der Waals surface area contributed by atoms with Crippen molar-refractivity contribution in [3.05, 3.63) is 46.5 Å². The van der Waals surface area contributed by atoms with Gasteiger partial charge in [-0.25, -0.2) is 14.4 Å². The molecule has 0 saturated carbocycles. The molecule has 0 unspecified atom stereocenters. The largest absolute Gasteiger partial charge is 0.354 e. The number of amides is 1. The number of benzene rings is 1. The first-order valence-corrected chi connectivity index (χ1v) is 11.0. The molecular formula is C22H28ClFN6O. The summed E-state index contributed by atoms with van der Waals surface area (Å²) in [7, 11) is 2.13. The van der Waals surface area contributed by atoms with Crippen molar-refractivity contribution in [1.82, 2.24) is 19.8 Å². The van der Waals surface area contributed by atoms with E-state index in [0.29, 0.717) is 31.2 Å². The fraction of sp³-hybridized carbons (Fsp3) is 0.500. The van der Waals surface area contributed by atoms with Crippen LogP contribution in [0, 0.1) is 12.7 Å². The third-order valence-corrected chi connectivity index (χ3v) is 6.34. The van der Waals surface area contributed by atoms with Crippen molar-refractivity contribution >= 4 is 29.1 Å². The number of carbonyl (C=O) groups is 1. The van der Waals surface area contributed by atoms with Gasteiger partial charge in [-0.15, -0.1) is 0 Å². The summed E-state index contributed by atoms with van der Waals surface area (Å²) in [6.07, 6.45) is -0.0221. The van der Waals surface area contributed by atoms with Crippen LogP contribution in [0.3, 0.4) is 0 Å². The lowest BCUT2D eigenvalue weighted by molar-refractivity contribution is -0.130. The molecule has 3 heterocycles. The van der Waals surface area contributed by atoms with Crippen LogP contribution in [0.2, 0.25) is 5.02 Å². The predicted octanol–water partition coefficient (Wildman–Crippen LogP) is 2.22. The van der Waals surface area contributed by atoms with Crippen molar-refractivity contribution in [3.63, 3.8) is 0 Å². The second-order valence-electron chi connectivity index (χ2n) is 8.17. The van der Waals surface area contributed by atoms with Gasteiger partial charge in [0.15, 0.2) is 0 Å². The van der Waals surface area contributed by atoms with Crippen LogP contribution in [0.25, 0.3) is 0 Å². The fourth-order valence-corrected chi connectivity index (χ4v) is 4.28. The summed E-state index contributed by atoms with van der Waals surface area (Å²) < 4.78 is 14.0. The Kier molecular flexibility index (Phi) is 6.57. The number of aromatic nitrogens is 2. The second-order valence-corrected chi connectivity index (χ2v) is 8.57. The smallest absolute Gasteiger partial charge is 0.227 e. The maximum Gasteiger partial charge on any atom is 0.227 e. The van der Waals surface area contributed by atoms with Crippen molar-refractivity contribution in [2.24, 2.45) is 0 Å².